The molecule has 0 bridgehead atoms. The fraction of sp³-hybridized carbons (Fsp3) is 0.625. The number of ether oxygens (including phenoxy) is 1. The summed E-state index contributed by atoms with van der Waals surface area (Å²) in [6.45, 7) is 7.44. The molecule has 22 heavy (non-hydrogen) atoms. The van der Waals surface area contributed by atoms with Gasteiger partial charge in [-0.15, -0.1) is 11.3 Å². The maximum absolute atomic E-state index is 12.0. The van der Waals surface area contributed by atoms with Gasteiger partial charge in [-0.05, 0) is 67.1 Å². The van der Waals surface area contributed by atoms with Crippen molar-refractivity contribution in [3.63, 3.8) is 0 Å². The fourth-order valence-corrected chi connectivity index (χ4v) is 4.59. The molecule has 0 spiro atoms. The van der Waals surface area contributed by atoms with E-state index in [1.807, 2.05) is 27.7 Å². The van der Waals surface area contributed by atoms with E-state index in [9.17, 15) is 9.59 Å². The molecule has 0 saturated carbocycles. The number of amides is 1. The van der Waals surface area contributed by atoms with E-state index in [4.69, 9.17) is 4.74 Å². The molecule has 1 atom stereocenters. The number of hydrogen-bond donors (Lipinski definition) is 1. The van der Waals surface area contributed by atoms with Crippen LogP contribution in [0.1, 0.15) is 61.3 Å². The monoisotopic (exact) mass is 387 g/mol. The first-order valence-electron chi connectivity index (χ1n) is 7.54. The highest BCUT2D eigenvalue weighted by molar-refractivity contribution is 9.11. The Morgan fingerprint density at radius 1 is 1.36 bits per heavy atom. The van der Waals surface area contributed by atoms with E-state index in [1.165, 1.54) is 11.3 Å². The summed E-state index contributed by atoms with van der Waals surface area (Å²) < 4.78 is 6.32. The molecule has 1 N–H and O–H groups in total. The lowest BCUT2D eigenvalue weighted by molar-refractivity contribution is 0.0500. The van der Waals surface area contributed by atoms with E-state index in [0.29, 0.717) is 6.42 Å². The quantitative estimate of drug-likeness (QED) is 0.777. The summed E-state index contributed by atoms with van der Waals surface area (Å²) in [6, 6.07) is 0.0535. The van der Waals surface area contributed by atoms with Gasteiger partial charge in [0.25, 0.3) is 0 Å². The largest absolute Gasteiger partial charge is 0.444 e. The van der Waals surface area contributed by atoms with Crippen molar-refractivity contribution in [2.45, 2.75) is 65.0 Å². The molecule has 1 aromatic heterocycles. The number of hydrogen-bond acceptors (Lipinski definition) is 4. The van der Waals surface area contributed by atoms with Crippen molar-refractivity contribution in [3.05, 3.63) is 19.8 Å². The molecular weight excluding hydrogens is 366 g/mol. The molecule has 6 heteroatoms. The van der Waals surface area contributed by atoms with Gasteiger partial charge >= 0.3 is 6.09 Å². The lowest BCUT2D eigenvalue weighted by atomic mass is 9.89. The second-order valence-corrected chi connectivity index (χ2v) is 8.86. The van der Waals surface area contributed by atoms with Gasteiger partial charge in [0.1, 0.15) is 5.60 Å². The molecule has 1 heterocycles. The highest BCUT2D eigenvalue weighted by Crippen LogP contribution is 2.38. The second-order valence-electron chi connectivity index (χ2n) is 6.52. The Balaban J connectivity index is 2.08. The number of fused-ring (bicyclic) bond motifs is 1. The Kier molecular flexibility index (Phi) is 5.33. The summed E-state index contributed by atoms with van der Waals surface area (Å²) in [5, 5.41) is 2.93. The number of thiophene rings is 1. The van der Waals surface area contributed by atoms with Crippen LogP contribution in [0.25, 0.3) is 0 Å². The molecule has 0 saturated heterocycles. The first-order chi connectivity index (χ1) is 10.2. The maximum Gasteiger partial charge on any atom is 0.407 e. The van der Waals surface area contributed by atoms with Crippen LogP contribution in [0.15, 0.2) is 3.79 Å². The van der Waals surface area contributed by atoms with Crippen molar-refractivity contribution >= 4 is 39.1 Å². The standard InChI is InChI=1S/C16H22BrNO3S/c1-5-12(19)13-10-7-6-9(8-11(10)14(17)22-13)18-15(20)21-16(2,3)4/h9H,5-8H2,1-4H3,(H,18,20). The van der Waals surface area contributed by atoms with Gasteiger partial charge in [-0.1, -0.05) is 6.92 Å². The third-order valence-electron chi connectivity index (χ3n) is 3.56. The maximum atomic E-state index is 12.0. The summed E-state index contributed by atoms with van der Waals surface area (Å²) in [7, 11) is 0. The predicted octanol–water partition coefficient (Wildman–Crippen LogP) is 4.49. The zero-order valence-corrected chi connectivity index (χ0v) is 15.8. The van der Waals surface area contributed by atoms with Crippen LogP contribution in [0.5, 0.6) is 0 Å². The van der Waals surface area contributed by atoms with Crippen molar-refractivity contribution in [3.8, 4) is 0 Å². The molecule has 1 amide bonds. The van der Waals surface area contributed by atoms with Crippen molar-refractivity contribution in [1.29, 1.82) is 0 Å². The SMILES string of the molecule is CCC(=O)c1sc(Br)c2c1CCC(NC(=O)OC(C)(C)C)C2. The molecule has 1 aliphatic rings. The van der Waals surface area contributed by atoms with Crippen LogP contribution < -0.4 is 5.32 Å². The minimum absolute atomic E-state index is 0.0535. The number of alkyl carbamates (subject to hydrolysis) is 1. The molecule has 2 rings (SSSR count). The Labute approximate surface area is 143 Å². The van der Waals surface area contributed by atoms with Crippen LogP contribution in [-0.2, 0) is 17.6 Å². The molecule has 0 aliphatic heterocycles. The topological polar surface area (TPSA) is 55.4 Å². The number of carbonyl (C=O) groups is 2. The molecular formula is C16H22BrNO3S. The Morgan fingerprint density at radius 2 is 2.05 bits per heavy atom. The summed E-state index contributed by atoms with van der Waals surface area (Å²) in [5.41, 5.74) is 1.83. The number of carbonyl (C=O) groups excluding carboxylic acids is 2. The van der Waals surface area contributed by atoms with Crippen molar-refractivity contribution < 1.29 is 14.3 Å². The van der Waals surface area contributed by atoms with Gasteiger partial charge < -0.3 is 10.1 Å². The summed E-state index contributed by atoms with van der Waals surface area (Å²) in [4.78, 5) is 24.8. The average Bonchev–Trinajstić information content (AvgIpc) is 2.73. The molecule has 0 aromatic carbocycles. The third-order valence-corrected chi connectivity index (χ3v) is 5.62. The van der Waals surface area contributed by atoms with Gasteiger partial charge in [-0.25, -0.2) is 4.79 Å². The van der Waals surface area contributed by atoms with E-state index in [-0.39, 0.29) is 17.9 Å². The number of nitrogens with one attached hydrogen (secondary N) is 1. The van der Waals surface area contributed by atoms with Crippen LogP contribution in [0.2, 0.25) is 0 Å². The zero-order chi connectivity index (χ0) is 16.5. The third kappa shape index (κ3) is 4.10. The van der Waals surface area contributed by atoms with E-state index < -0.39 is 5.60 Å². The van der Waals surface area contributed by atoms with E-state index in [0.717, 1.165) is 39.1 Å². The van der Waals surface area contributed by atoms with Gasteiger partial charge in [-0.3, -0.25) is 4.79 Å². The van der Waals surface area contributed by atoms with Gasteiger partial charge in [-0.2, -0.15) is 0 Å². The van der Waals surface area contributed by atoms with Gasteiger partial charge in [0.2, 0.25) is 0 Å². The molecule has 1 aliphatic carbocycles. The van der Waals surface area contributed by atoms with E-state index in [2.05, 4.69) is 21.2 Å². The lowest BCUT2D eigenvalue weighted by Gasteiger charge is -2.26. The molecule has 1 unspecified atom stereocenters. The minimum atomic E-state index is -0.492. The molecule has 1 aromatic rings. The van der Waals surface area contributed by atoms with Crippen molar-refractivity contribution in [2.24, 2.45) is 0 Å². The fourth-order valence-electron chi connectivity index (χ4n) is 2.59. The van der Waals surface area contributed by atoms with Gasteiger partial charge in [0.05, 0.1) is 8.66 Å². The van der Waals surface area contributed by atoms with Crippen molar-refractivity contribution in [1.82, 2.24) is 5.32 Å². The highest BCUT2D eigenvalue weighted by Gasteiger charge is 2.29. The zero-order valence-electron chi connectivity index (χ0n) is 13.4. The van der Waals surface area contributed by atoms with Gasteiger partial charge in [0.15, 0.2) is 5.78 Å². The van der Waals surface area contributed by atoms with Crippen LogP contribution >= 0.6 is 27.3 Å². The summed E-state index contributed by atoms with van der Waals surface area (Å²) >= 11 is 5.08. The number of Topliss-reactive ketones (excluding diaryl/α,β-unsaturated/α-hetero) is 1. The molecule has 0 fully saturated rings. The van der Waals surface area contributed by atoms with Crippen molar-refractivity contribution in [2.75, 3.05) is 0 Å². The summed E-state index contributed by atoms with van der Waals surface area (Å²) in [5.74, 6) is 0.200. The van der Waals surface area contributed by atoms with Gasteiger partial charge in [0, 0.05) is 12.5 Å². The predicted molar refractivity (Wildman–Crippen MR) is 91.8 cm³/mol. The second kappa shape index (κ2) is 6.71. The van der Waals surface area contributed by atoms with Crippen LogP contribution in [0.3, 0.4) is 0 Å². The smallest absolute Gasteiger partial charge is 0.407 e. The number of ketones is 1. The van der Waals surface area contributed by atoms with Crippen LogP contribution in [-0.4, -0.2) is 23.5 Å². The first kappa shape index (κ1) is 17.5. The van der Waals surface area contributed by atoms with Crippen LogP contribution in [0.4, 0.5) is 4.79 Å². The molecule has 122 valence electrons. The van der Waals surface area contributed by atoms with E-state index >= 15 is 0 Å². The number of halogens is 1. The Bertz CT molecular complexity index is 589. The Hall–Kier alpha value is -0.880. The average molecular weight is 388 g/mol. The molecule has 4 nitrogen and oxygen atoms in total. The van der Waals surface area contributed by atoms with E-state index in [1.54, 1.807) is 0 Å². The number of rotatable bonds is 3. The molecule has 0 radical (unpaired) electrons. The normalized spacial score (nSPS) is 17.8. The lowest BCUT2D eigenvalue weighted by Crippen LogP contribution is -2.41. The first-order valence-corrected chi connectivity index (χ1v) is 9.15. The summed E-state index contributed by atoms with van der Waals surface area (Å²) in [6.07, 6.45) is 2.54. The Morgan fingerprint density at radius 3 is 2.64 bits per heavy atom. The highest BCUT2D eigenvalue weighted by atomic mass is 79.9. The minimum Gasteiger partial charge on any atom is -0.444 e. The van der Waals surface area contributed by atoms with Crippen LogP contribution in [0, 0.1) is 0 Å².